The van der Waals surface area contributed by atoms with Crippen molar-refractivity contribution in [1.82, 2.24) is 10.6 Å². The van der Waals surface area contributed by atoms with Crippen LogP contribution in [0.2, 0.25) is 0 Å². The summed E-state index contributed by atoms with van der Waals surface area (Å²) in [5.41, 5.74) is 2.67. The Kier molecular flexibility index (Phi) is 3.55. The summed E-state index contributed by atoms with van der Waals surface area (Å²) in [6.45, 7) is 5.39. The van der Waals surface area contributed by atoms with Gasteiger partial charge in [-0.3, -0.25) is 4.79 Å². The highest BCUT2D eigenvalue weighted by atomic mass is 16.2. The Labute approximate surface area is 121 Å². The molecule has 108 valence electrons. The van der Waals surface area contributed by atoms with E-state index in [0.29, 0.717) is 6.04 Å². The van der Waals surface area contributed by atoms with Crippen LogP contribution in [-0.4, -0.2) is 18.5 Å². The van der Waals surface area contributed by atoms with Gasteiger partial charge in [-0.1, -0.05) is 44.5 Å². The van der Waals surface area contributed by atoms with Crippen molar-refractivity contribution >= 4 is 5.91 Å². The average Bonchev–Trinajstić information content (AvgIpc) is 2.77. The Hall–Kier alpha value is -1.35. The lowest BCUT2D eigenvalue weighted by molar-refractivity contribution is -0.124. The molecule has 1 heterocycles. The number of hydrogen-bond donors (Lipinski definition) is 2. The fourth-order valence-corrected chi connectivity index (χ4v) is 3.59. The van der Waals surface area contributed by atoms with Gasteiger partial charge in [0.25, 0.3) is 0 Å². The number of amides is 1. The molecule has 1 amide bonds. The van der Waals surface area contributed by atoms with Crippen LogP contribution in [0, 0.1) is 5.41 Å². The molecule has 1 aromatic carbocycles. The van der Waals surface area contributed by atoms with Gasteiger partial charge in [-0.05, 0) is 35.8 Å². The van der Waals surface area contributed by atoms with Crippen LogP contribution in [0.15, 0.2) is 24.3 Å². The van der Waals surface area contributed by atoms with Gasteiger partial charge < -0.3 is 10.6 Å². The van der Waals surface area contributed by atoms with E-state index >= 15 is 0 Å². The van der Waals surface area contributed by atoms with Gasteiger partial charge in [-0.15, -0.1) is 0 Å². The van der Waals surface area contributed by atoms with Crippen molar-refractivity contribution in [2.45, 2.75) is 51.6 Å². The topological polar surface area (TPSA) is 41.1 Å². The van der Waals surface area contributed by atoms with E-state index in [1.54, 1.807) is 0 Å². The minimum atomic E-state index is -0.184. The second-order valence-electron chi connectivity index (χ2n) is 6.78. The molecular weight excluding hydrogens is 248 g/mol. The predicted molar refractivity (Wildman–Crippen MR) is 80.5 cm³/mol. The highest BCUT2D eigenvalue weighted by Gasteiger charge is 2.37. The van der Waals surface area contributed by atoms with Crippen molar-refractivity contribution in [2.24, 2.45) is 5.41 Å². The fourth-order valence-electron chi connectivity index (χ4n) is 3.59. The Balaban J connectivity index is 1.76. The number of hydrogen-bond acceptors (Lipinski definition) is 2. The first-order valence-electron chi connectivity index (χ1n) is 7.69. The van der Waals surface area contributed by atoms with Crippen LogP contribution < -0.4 is 10.6 Å². The molecule has 1 fully saturated rings. The third-order valence-corrected chi connectivity index (χ3v) is 4.94. The van der Waals surface area contributed by atoms with Gasteiger partial charge in [0.15, 0.2) is 0 Å². The predicted octanol–water partition coefficient (Wildman–Crippen LogP) is 2.57. The highest BCUT2D eigenvalue weighted by molar-refractivity contribution is 5.84. The van der Waals surface area contributed by atoms with Crippen LogP contribution in [0.5, 0.6) is 0 Å². The van der Waals surface area contributed by atoms with Crippen molar-refractivity contribution < 1.29 is 4.79 Å². The molecule has 2 unspecified atom stereocenters. The molecule has 3 heteroatoms. The van der Waals surface area contributed by atoms with Gasteiger partial charge >= 0.3 is 0 Å². The summed E-state index contributed by atoms with van der Waals surface area (Å²) in [4.78, 5) is 12.6. The first-order valence-corrected chi connectivity index (χ1v) is 7.69. The van der Waals surface area contributed by atoms with Gasteiger partial charge in [0.2, 0.25) is 5.91 Å². The molecule has 3 rings (SSSR count). The lowest BCUT2D eigenvalue weighted by Gasteiger charge is -2.31. The van der Waals surface area contributed by atoms with Crippen LogP contribution in [0.3, 0.4) is 0 Å². The molecule has 0 radical (unpaired) electrons. The minimum absolute atomic E-state index is 0.136. The van der Waals surface area contributed by atoms with Crippen molar-refractivity contribution in [3.63, 3.8) is 0 Å². The van der Waals surface area contributed by atoms with Crippen molar-refractivity contribution in [2.75, 3.05) is 6.54 Å². The first-order chi connectivity index (χ1) is 9.58. The maximum Gasteiger partial charge on any atom is 0.241 e. The number of nitrogens with one attached hydrogen (secondary N) is 2. The van der Waals surface area contributed by atoms with Crippen LogP contribution in [0.1, 0.15) is 50.3 Å². The molecule has 1 saturated carbocycles. The van der Waals surface area contributed by atoms with Crippen molar-refractivity contribution in [3.05, 3.63) is 35.4 Å². The number of benzene rings is 1. The lowest BCUT2D eigenvalue weighted by Crippen LogP contribution is -2.48. The van der Waals surface area contributed by atoms with E-state index in [1.807, 2.05) is 6.07 Å². The zero-order valence-electron chi connectivity index (χ0n) is 12.4. The summed E-state index contributed by atoms with van der Waals surface area (Å²) in [5, 5.41) is 6.64. The van der Waals surface area contributed by atoms with Gasteiger partial charge in [-0.25, -0.2) is 0 Å². The molecule has 0 saturated heterocycles. The van der Waals surface area contributed by atoms with Crippen LogP contribution in [-0.2, 0) is 11.2 Å². The summed E-state index contributed by atoms with van der Waals surface area (Å²) in [5.74, 6) is 0.136. The molecule has 1 aliphatic carbocycles. The zero-order chi connectivity index (χ0) is 14.2. The van der Waals surface area contributed by atoms with E-state index in [4.69, 9.17) is 0 Å². The van der Waals surface area contributed by atoms with Gasteiger partial charge in [0.05, 0.1) is 0 Å². The summed E-state index contributed by atoms with van der Waals surface area (Å²) < 4.78 is 0. The van der Waals surface area contributed by atoms with Crippen molar-refractivity contribution in [1.29, 1.82) is 0 Å². The normalized spacial score (nSPS) is 27.9. The van der Waals surface area contributed by atoms with E-state index in [2.05, 4.69) is 42.7 Å². The lowest BCUT2D eigenvalue weighted by atomic mass is 9.86. The zero-order valence-corrected chi connectivity index (χ0v) is 12.4. The second kappa shape index (κ2) is 5.21. The van der Waals surface area contributed by atoms with Crippen LogP contribution >= 0.6 is 0 Å². The molecule has 0 aromatic heterocycles. The maximum atomic E-state index is 12.6. The minimum Gasteiger partial charge on any atom is -0.351 e. The summed E-state index contributed by atoms with van der Waals surface area (Å²) in [6, 6.07) is 8.41. The quantitative estimate of drug-likeness (QED) is 0.869. The highest BCUT2D eigenvalue weighted by Crippen LogP contribution is 2.37. The van der Waals surface area contributed by atoms with Crippen molar-refractivity contribution in [3.8, 4) is 0 Å². The number of rotatable bonds is 2. The third kappa shape index (κ3) is 2.47. The first kappa shape index (κ1) is 13.6. The summed E-state index contributed by atoms with van der Waals surface area (Å²) in [6.07, 6.45) is 4.53. The summed E-state index contributed by atoms with van der Waals surface area (Å²) in [7, 11) is 0. The smallest absolute Gasteiger partial charge is 0.241 e. The van der Waals surface area contributed by atoms with E-state index in [0.717, 1.165) is 24.9 Å². The Morgan fingerprint density at radius 1 is 1.35 bits per heavy atom. The molecule has 20 heavy (non-hydrogen) atoms. The average molecular weight is 272 g/mol. The van der Waals surface area contributed by atoms with Crippen LogP contribution in [0.4, 0.5) is 0 Å². The number of carbonyl (C=O) groups is 1. The van der Waals surface area contributed by atoms with Crippen LogP contribution in [0.25, 0.3) is 0 Å². The van der Waals surface area contributed by atoms with Gasteiger partial charge in [-0.2, -0.15) is 0 Å². The molecular formula is C17H24N2O. The Morgan fingerprint density at radius 2 is 2.15 bits per heavy atom. The largest absolute Gasteiger partial charge is 0.351 e. The SMILES string of the molecule is CC1(C)CCCC1NC(=O)C1NCCc2ccccc21. The number of fused-ring (bicyclic) bond motifs is 1. The van der Waals surface area contributed by atoms with E-state index < -0.39 is 0 Å². The van der Waals surface area contributed by atoms with E-state index in [9.17, 15) is 4.79 Å². The molecule has 0 bridgehead atoms. The van der Waals surface area contributed by atoms with E-state index in [1.165, 1.54) is 18.4 Å². The van der Waals surface area contributed by atoms with Gasteiger partial charge in [0.1, 0.15) is 6.04 Å². The third-order valence-electron chi connectivity index (χ3n) is 4.94. The van der Waals surface area contributed by atoms with E-state index in [-0.39, 0.29) is 17.4 Å². The molecule has 2 aliphatic rings. The standard InChI is InChI=1S/C17H24N2O/c1-17(2)10-5-8-14(17)19-16(20)15-13-7-4-3-6-12(13)9-11-18-15/h3-4,6-7,14-15,18H,5,8-11H2,1-2H3,(H,19,20). The fraction of sp³-hybridized carbons (Fsp3) is 0.588. The summed E-state index contributed by atoms with van der Waals surface area (Å²) >= 11 is 0. The molecule has 2 atom stereocenters. The number of carbonyl (C=O) groups excluding carboxylic acids is 1. The Morgan fingerprint density at radius 3 is 2.90 bits per heavy atom. The monoisotopic (exact) mass is 272 g/mol. The molecule has 2 N–H and O–H groups in total. The Bertz CT molecular complexity index is 509. The molecule has 3 nitrogen and oxygen atoms in total. The van der Waals surface area contributed by atoms with Gasteiger partial charge in [0, 0.05) is 12.6 Å². The molecule has 0 spiro atoms. The molecule has 1 aliphatic heterocycles. The molecule has 1 aromatic rings. The second-order valence-corrected chi connectivity index (χ2v) is 6.78. The maximum absolute atomic E-state index is 12.6.